The Bertz CT molecular complexity index is 638. The average molecular weight is 314 g/mol. The molecule has 0 radical (unpaired) electrons. The van der Waals surface area contributed by atoms with Gasteiger partial charge in [0.1, 0.15) is 0 Å². The van der Waals surface area contributed by atoms with E-state index >= 15 is 0 Å². The monoisotopic (exact) mass is 313 g/mol. The van der Waals surface area contributed by atoms with E-state index in [1.165, 1.54) is 6.07 Å². The molecule has 0 aliphatic carbocycles. The lowest BCUT2D eigenvalue weighted by Gasteiger charge is -2.23. The predicted octanol–water partition coefficient (Wildman–Crippen LogP) is 5.52. The maximum absolute atomic E-state index is 13.1. The molecule has 0 heterocycles. The van der Waals surface area contributed by atoms with Crippen molar-refractivity contribution in [2.24, 2.45) is 0 Å². The highest BCUT2D eigenvalue weighted by atomic mass is 35.5. The largest absolute Gasteiger partial charge is 0.416 e. The lowest BCUT2D eigenvalue weighted by Crippen LogP contribution is -2.14. The Hall–Kier alpha value is -1.68. The maximum Gasteiger partial charge on any atom is 0.416 e. The zero-order valence-corrected chi connectivity index (χ0v) is 12.5. The molecular weight excluding hydrogens is 299 g/mol. The number of anilines is 2. The summed E-state index contributed by atoms with van der Waals surface area (Å²) in [7, 11) is 1.75. The molecule has 5 heteroatoms. The minimum absolute atomic E-state index is 0.0890. The van der Waals surface area contributed by atoms with Crippen LogP contribution in [0.3, 0.4) is 0 Å². The average Bonchev–Trinajstić information content (AvgIpc) is 2.45. The van der Waals surface area contributed by atoms with Crippen molar-refractivity contribution in [1.29, 1.82) is 0 Å². The van der Waals surface area contributed by atoms with E-state index in [9.17, 15) is 13.2 Å². The molecule has 1 nitrogen and oxygen atoms in total. The topological polar surface area (TPSA) is 3.24 Å². The number of hydrogen-bond donors (Lipinski definition) is 0. The molecule has 2 aromatic carbocycles. The van der Waals surface area contributed by atoms with Crippen LogP contribution < -0.4 is 4.90 Å². The van der Waals surface area contributed by atoms with E-state index in [1.807, 2.05) is 31.2 Å². The molecule has 0 atom stereocenters. The van der Waals surface area contributed by atoms with Crippen LogP contribution in [0.2, 0.25) is 0 Å². The van der Waals surface area contributed by atoms with Crippen molar-refractivity contribution >= 4 is 23.0 Å². The minimum Gasteiger partial charge on any atom is -0.344 e. The van der Waals surface area contributed by atoms with Gasteiger partial charge in [0.25, 0.3) is 0 Å². The standard InChI is InChI=1S/C16H15ClF3N/c1-11-5-3-4-6-15(11)21(2)13-8-7-12(10-17)14(9-13)16(18,19)20/h3-9H,10H2,1-2H3. The zero-order valence-electron chi connectivity index (χ0n) is 11.7. The van der Waals surface area contributed by atoms with Gasteiger partial charge in [0.15, 0.2) is 0 Å². The van der Waals surface area contributed by atoms with Crippen LogP contribution in [-0.4, -0.2) is 7.05 Å². The number of benzene rings is 2. The van der Waals surface area contributed by atoms with Crippen LogP contribution in [0.15, 0.2) is 42.5 Å². The van der Waals surface area contributed by atoms with Crippen molar-refractivity contribution in [3.63, 3.8) is 0 Å². The van der Waals surface area contributed by atoms with E-state index in [2.05, 4.69) is 0 Å². The van der Waals surface area contributed by atoms with Crippen LogP contribution in [-0.2, 0) is 12.1 Å². The second-order valence-electron chi connectivity index (χ2n) is 4.82. The van der Waals surface area contributed by atoms with Gasteiger partial charge in [-0.15, -0.1) is 11.6 Å². The van der Waals surface area contributed by atoms with Gasteiger partial charge in [0.2, 0.25) is 0 Å². The molecule has 2 rings (SSSR count). The second kappa shape index (κ2) is 5.98. The zero-order chi connectivity index (χ0) is 15.6. The first-order valence-corrected chi connectivity index (χ1v) is 6.93. The number of nitrogens with zero attached hydrogens (tertiary/aromatic N) is 1. The normalized spacial score (nSPS) is 11.5. The van der Waals surface area contributed by atoms with Crippen molar-refractivity contribution in [3.8, 4) is 0 Å². The van der Waals surface area contributed by atoms with E-state index in [0.717, 1.165) is 17.3 Å². The molecule has 0 N–H and O–H groups in total. The first kappa shape index (κ1) is 15.7. The lowest BCUT2D eigenvalue weighted by molar-refractivity contribution is -0.138. The Labute approximate surface area is 127 Å². The van der Waals surface area contributed by atoms with E-state index < -0.39 is 11.7 Å². The summed E-state index contributed by atoms with van der Waals surface area (Å²) in [6.07, 6.45) is -4.41. The Morgan fingerprint density at radius 2 is 1.76 bits per heavy atom. The molecular formula is C16H15ClF3N. The Morgan fingerprint density at radius 1 is 1.10 bits per heavy atom. The van der Waals surface area contributed by atoms with Crippen molar-refractivity contribution in [2.45, 2.75) is 19.0 Å². The highest BCUT2D eigenvalue weighted by molar-refractivity contribution is 6.17. The van der Waals surface area contributed by atoms with Crippen LogP contribution in [0.25, 0.3) is 0 Å². The summed E-state index contributed by atoms with van der Waals surface area (Å²) in [4.78, 5) is 1.74. The Kier molecular flexibility index (Phi) is 4.47. The number of alkyl halides is 4. The quantitative estimate of drug-likeness (QED) is 0.674. The third kappa shape index (κ3) is 3.32. The van der Waals surface area contributed by atoms with Crippen molar-refractivity contribution in [1.82, 2.24) is 0 Å². The van der Waals surface area contributed by atoms with E-state index in [4.69, 9.17) is 11.6 Å². The van der Waals surface area contributed by atoms with Gasteiger partial charge >= 0.3 is 6.18 Å². The molecule has 0 fully saturated rings. The maximum atomic E-state index is 13.1. The third-order valence-corrected chi connectivity index (χ3v) is 3.69. The van der Waals surface area contributed by atoms with Gasteiger partial charge in [-0.25, -0.2) is 0 Å². The van der Waals surface area contributed by atoms with Crippen molar-refractivity contribution < 1.29 is 13.2 Å². The fourth-order valence-corrected chi connectivity index (χ4v) is 2.47. The van der Waals surface area contributed by atoms with Gasteiger partial charge in [0.05, 0.1) is 5.56 Å². The first-order chi connectivity index (χ1) is 9.84. The van der Waals surface area contributed by atoms with E-state index in [-0.39, 0.29) is 11.4 Å². The molecule has 0 aromatic heterocycles. The first-order valence-electron chi connectivity index (χ1n) is 6.40. The fraction of sp³-hybridized carbons (Fsp3) is 0.250. The molecule has 0 saturated heterocycles. The summed E-state index contributed by atoms with van der Waals surface area (Å²) in [5.41, 5.74) is 1.74. The lowest BCUT2D eigenvalue weighted by atomic mass is 10.1. The van der Waals surface area contributed by atoms with E-state index in [1.54, 1.807) is 18.0 Å². The molecule has 0 unspecified atom stereocenters. The summed E-state index contributed by atoms with van der Waals surface area (Å²) in [5.74, 6) is -0.163. The third-order valence-electron chi connectivity index (χ3n) is 3.41. The van der Waals surface area contributed by atoms with Crippen LogP contribution in [0, 0.1) is 6.92 Å². The van der Waals surface area contributed by atoms with E-state index in [0.29, 0.717) is 5.69 Å². The molecule has 0 aliphatic rings. The van der Waals surface area contributed by atoms with Crippen molar-refractivity contribution in [2.75, 3.05) is 11.9 Å². The number of halogens is 4. The highest BCUT2D eigenvalue weighted by Gasteiger charge is 2.33. The van der Waals surface area contributed by atoms with Gasteiger partial charge in [0, 0.05) is 24.3 Å². The Morgan fingerprint density at radius 3 is 2.33 bits per heavy atom. The van der Waals surface area contributed by atoms with Gasteiger partial charge < -0.3 is 4.90 Å². The summed E-state index contributed by atoms with van der Waals surface area (Å²) < 4.78 is 39.3. The van der Waals surface area contributed by atoms with Crippen LogP contribution in [0.5, 0.6) is 0 Å². The van der Waals surface area contributed by atoms with Gasteiger partial charge in [-0.05, 0) is 36.2 Å². The van der Waals surface area contributed by atoms with Crippen LogP contribution in [0.1, 0.15) is 16.7 Å². The molecule has 0 aliphatic heterocycles. The SMILES string of the molecule is Cc1ccccc1N(C)c1ccc(CCl)c(C(F)(F)F)c1. The smallest absolute Gasteiger partial charge is 0.344 e. The molecule has 21 heavy (non-hydrogen) atoms. The number of hydrogen-bond acceptors (Lipinski definition) is 1. The number of para-hydroxylation sites is 1. The Balaban J connectivity index is 2.48. The molecule has 0 bridgehead atoms. The summed E-state index contributed by atoms with van der Waals surface area (Å²) in [6, 6.07) is 11.8. The van der Waals surface area contributed by atoms with Crippen molar-refractivity contribution in [3.05, 3.63) is 59.2 Å². The fourth-order valence-electron chi connectivity index (χ4n) is 2.23. The highest BCUT2D eigenvalue weighted by Crippen LogP contribution is 2.36. The number of rotatable bonds is 3. The molecule has 112 valence electrons. The molecule has 0 amide bonds. The second-order valence-corrected chi connectivity index (χ2v) is 5.09. The van der Waals surface area contributed by atoms with Crippen LogP contribution >= 0.6 is 11.6 Å². The summed E-state index contributed by atoms with van der Waals surface area (Å²) >= 11 is 5.60. The van der Waals surface area contributed by atoms with Gasteiger partial charge in [-0.1, -0.05) is 24.3 Å². The molecule has 0 saturated carbocycles. The summed E-state index contributed by atoms with van der Waals surface area (Å²) in [5, 5.41) is 0. The van der Waals surface area contributed by atoms with Crippen LogP contribution in [0.4, 0.5) is 24.5 Å². The van der Waals surface area contributed by atoms with Gasteiger partial charge in [-0.3, -0.25) is 0 Å². The number of aryl methyl sites for hydroxylation is 1. The minimum atomic E-state index is -4.41. The van der Waals surface area contributed by atoms with Gasteiger partial charge in [-0.2, -0.15) is 13.2 Å². The molecule has 0 spiro atoms. The predicted molar refractivity (Wildman–Crippen MR) is 80.2 cm³/mol. The summed E-state index contributed by atoms with van der Waals surface area (Å²) in [6.45, 7) is 1.92. The molecule has 2 aromatic rings.